The summed E-state index contributed by atoms with van der Waals surface area (Å²) in [5.41, 5.74) is 0.666. The van der Waals surface area contributed by atoms with Crippen LogP contribution in [0.5, 0.6) is 0 Å². The van der Waals surface area contributed by atoms with Crippen molar-refractivity contribution >= 4 is 22.5 Å². The monoisotopic (exact) mass is 306 g/mol. The van der Waals surface area contributed by atoms with Crippen molar-refractivity contribution in [2.24, 2.45) is 0 Å². The van der Waals surface area contributed by atoms with Crippen molar-refractivity contribution in [1.29, 1.82) is 0 Å². The van der Waals surface area contributed by atoms with Crippen LogP contribution in [0.25, 0.3) is 10.9 Å². The Morgan fingerprint density at radius 1 is 1.33 bits per heavy atom. The summed E-state index contributed by atoms with van der Waals surface area (Å²) in [7, 11) is 4.22. The van der Waals surface area contributed by atoms with Gasteiger partial charge in [-0.3, -0.25) is 14.3 Å². The van der Waals surface area contributed by atoms with Gasteiger partial charge in [-0.15, -0.1) is 0 Å². The second kappa shape index (κ2) is 5.75. The SMILES string of the molecule is CN1CCN(C)C(Cn2cnc3ccc(Cl)cc3c2=O)C1. The molecule has 1 unspecified atom stereocenters. The summed E-state index contributed by atoms with van der Waals surface area (Å²) in [6.07, 6.45) is 1.64. The molecule has 1 aromatic heterocycles. The molecule has 21 heavy (non-hydrogen) atoms. The fourth-order valence-corrected chi connectivity index (χ4v) is 2.96. The first kappa shape index (κ1) is 14.5. The third kappa shape index (κ3) is 2.95. The minimum absolute atomic E-state index is 0.0240. The van der Waals surface area contributed by atoms with Gasteiger partial charge in [-0.2, -0.15) is 0 Å². The van der Waals surface area contributed by atoms with E-state index in [2.05, 4.69) is 28.9 Å². The second-order valence-electron chi connectivity index (χ2n) is 5.76. The van der Waals surface area contributed by atoms with Crippen molar-refractivity contribution in [1.82, 2.24) is 19.4 Å². The summed E-state index contributed by atoms with van der Waals surface area (Å²) >= 11 is 5.99. The molecule has 3 rings (SSSR count). The van der Waals surface area contributed by atoms with Gasteiger partial charge in [0.15, 0.2) is 0 Å². The highest BCUT2D eigenvalue weighted by molar-refractivity contribution is 6.31. The fourth-order valence-electron chi connectivity index (χ4n) is 2.79. The molecule has 0 saturated carbocycles. The van der Waals surface area contributed by atoms with E-state index in [1.165, 1.54) is 0 Å². The Kier molecular flexibility index (Phi) is 3.97. The van der Waals surface area contributed by atoms with E-state index < -0.39 is 0 Å². The lowest BCUT2D eigenvalue weighted by atomic mass is 10.2. The molecule has 1 saturated heterocycles. The molecule has 2 aromatic rings. The summed E-state index contributed by atoms with van der Waals surface area (Å²) in [5.74, 6) is 0. The van der Waals surface area contributed by atoms with Crippen LogP contribution in [0.1, 0.15) is 0 Å². The van der Waals surface area contributed by atoms with Gasteiger partial charge >= 0.3 is 0 Å². The molecular formula is C15H19ClN4O. The molecule has 1 atom stereocenters. The standard InChI is InChI=1S/C15H19ClN4O/c1-18-5-6-19(2)12(8-18)9-20-10-17-14-4-3-11(16)7-13(14)15(20)21/h3-4,7,10,12H,5-6,8-9H2,1-2H3. The number of nitrogens with zero attached hydrogens (tertiary/aromatic N) is 4. The molecule has 1 aromatic carbocycles. The van der Waals surface area contributed by atoms with Crippen LogP contribution in [-0.4, -0.2) is 59.1 Å². The van der Waals surface area contributed by atoms with E-state index in [0.717, 1.165) is 19.6 Å². The molecule has 2 heterocycles. The van der Waals surface area contributed by atoms with E-state index in [4.69, 9.17) is 11.6 Å². The van der Waals surface area contributed by atoms with Gasteiger partial charge in [-0.1, -0.05) is 11.6 Å². The van der Waals surface area contributed by atoms with E-state index in [-0.39, 0.29) is 5.56 Å². The summed E-state index contributed by atoms with van der Waals surface area (Å²) in [6.45, 7) is 3.68. The molecule has 1 aliphatic heterocycles. The van der Waals surface area contributed by atoms with Gasteiger partial charge in [0.2, 0.25) is 0 Å². The number of hydrogen-bond donors (Lipinski definition) is 0. The zero-order valence-electron chi connectivity index (χ0n) is 12.3. The van der Waals surface area contributed by atoms with Crippen LogP contribution in [0.3, 0.4) is 0 Å². The number of halogens is 1. The third-order valence-electron chi connectivity index (χ3n) is 4.17. The van der Waals surface area contributed by atoms with Gasteiger partial charge in [-0.05, 0) is 32.3 Å². The molecule has 0 amide bonds. The van der Waals surface area contributed by atoms with Gasteiger partial charge in [0.25, 0.3) is 5.56 Å². The van der Waals surface area contributed by atoms with Gasteiger partial charge < -0.3 is 4.90 Å². The summed E-state index contributed by atoms with van der Waals surface area (Å²) in [4.78, 5) is 21.5. The molecule has 0 aliphatic carbocycles. The lowest BCUT2D eigenvalue weighted by Gasteiger charge is -2.37. The second-order valence-corrected chi connectivity index (χ2v) is 6.20. The normalized spacial score (nSPS) is 21.0. The van der Waals surface area contributed by atoms with E-state index >= 15 is 0 Å². The summed E-state index contributed by atoms with van der Waals surface area (Å²) in [6, 6.07) is 5.55. The van der Waals surface area contributed by atoms with Crippen molar-refractivity contribution in [3.63, 3.8) is 0 Å². The predicted molar refractivity (Wildman–Crippen MR) is 84.9 cm³/mol. The number of hydrogen-bond acceptors (Lipinski definition) is 4. The topological polar surface area (TPSA) is 41.4 Å². The van der Waals surface area contributed by atoms with E-state index in [9.17, 15) is 4.79 Å². The highest BCUT2D eigenvalue weighted by atomic mass is 35.5. The number of fused-ring (bicyclic) bond motifs is 1. The third-order valence-corrected chi connectivity index (χ3v) is 4.41. The number of benzene rings is 1. The molecule has 0 N–H and O–H groups in total. The highest BCUT2D eigenvalue weighted by Gasteiger charge is 2.23. The van der Waals surface area contributed by atoms with Crippen molar-refractivity contribution < 1.29 is 0 Å². The number of rotatable bonds is 2. The van der Waals surface area contributed by atoms with E-state index in [1.54, 1.807) is 29.1 Å². The maximum absolute atomic E-state index is 12.6. The molecule has 1 fully saturated rings. The minimum Gasteiger partial charge on any atom is -0.303 e. The maximum Gasteiger partial charge on any atom is 0.261 e. The van der Waals surface area contributed by atoms with Crippen LogP contribution >= 0.6 is 11.6 Å². The van der Waals surface area contributed by atoms with E-state index in [0.29, 0.717) is 28.5 Å². The van der Waals surface area contributed by atoms with Crippen molar-refractivity contribution in [2.75, 3.05) is 33.7 Å². The number of likely N-dealkylation sites (N-methyl/N-ethyl adjacent to an activating group) is 2. The molecular weight excluding hydrogens is 288 g/mol. The average Bonchev–Trinajstić information content (AvgIpc) is 2.46. The average molecular weight is 307 g/mol. The first-order valence-electron chi connectivity index (χ1n) is 7.08. The zero-order chi connectivity index (χ0) is 15.0. The minimum atomic E-state index is -0.0240. The quantitative estimate of drug-likeness (QED) is 0.838. The van der Waals surface area contributed by atoms with Gasteiger partial charge in [-0.25, -0.2) is 4.98 Å². The molecule has 112 valence electrons. The lowest BCUT2D eigenvalue weighted by Crippen LogP contribution is -2.52. The van der Waals surface area contributed by atoms with Crippen LogP contribution in [0, 0.1) is 0 Å². The zero-order valence-corrected chi connectivity index (χ0v) is 13.0. The summed E-state index contributed by atoms with van der Waals surface area (Å²) < 4.78 is 1.69. The Morgan fingerprint density at radius 2 is 2.14 bits per heavy atom. The van der Waals surface area contributed by atoms with Gasteiger partial charge in [0.1, 0.15) is 0 Å². The summed E-state index contributed by atoms with van der Waals surface area (Å²) in [5, 5.41) is 1.14. The highest BCUT2D eigenvalue weighted by Crippen LogP contribution is 2.14. The Balaban J connectivity index is 1.93. The van der Waals surface area contributed by atoms with Crippen LogP contribution in [-0.2, 0) is 6.54 Å². The Labute approximate surface area is 128 Å². The van der Waals surface area contributed by atoms with Gasteiger partial charge in [0.05, 0.1) is 17.2 Å². The molecule has 5 nitrogen and oxygen atoms in total. The van der Waals surface area contributed by atoms with Crippen molar-refractivity contribution in [3.05, 3.63) is 39.9 Å². The maximum atomic E-state index is 12.6. The van der Waals surface area contributed by atoms with Crippen LogP contribution in [0.15, 0.2) is 29.3 Å². The first-order valence-corrected chi connectivity index (χ1v) is 7.46. The molecule has 0 spiro atoms. The Hall–Kier alpha value is -1.43. The first-order chi connectivity index (χ1) is 10.0. The largest absolute Gasteiger partial charge is 0.303 e. The smallest absolute Gasteiger partial charge is 0.261 e. The Morgan fingerprint density at radius 3 is 2.95 bits per heavy atom. The van der Waals surface area contributed by atoms with Crippen LogP contribution < -0.4 is 5.56 Å². The van der Waals surface area contributed by atoms with Crippen molar-refractivity contribution in [3.8, 4) is 0 Å². The van der Waals surface area contributed by atoms with Gasteiger partial charge in [0, 0.05) is 37.2 Å². The lowest BCUT2D eigenvalue weighted by molar-refractivity contribution is 0.102. The Bertz CT molecular complexity index is 714. The number of piperazine rings is 1. The van der Waals surface area contributed by atoms with Crippen LogP contribution in [0.2, 0.25) is 5.02 Å². The van der Waals surface area contributed by atoms with E-state index in [1.807, 2.05) is 0 Å². The fraction of sp³-hybridized carbons (Fsp3) is 0.467. The molecule has 6 heteroatoms. The number of aromatic nitrogens is 2. The molecule has 0 bridgehead atoms. The van der Waals surface area contributed by atoms with Crippen molar-refractivity contribution in [2.45, 2.75) is 12.6 Å². The molecule has 0 radical (unpaired) electrons. The molecule has 1 aliphatic rings. The van der Waals surface area contributed by atoms with Crippen LogP contribution in [0.4, 0.5) is 0 Å². The predicted octanol–water partition coefficient (Wildman–Crippen LogP) is 1.30.